The molecular weight excluding hydrogens is 409 g/mol. The van der Waals surface area contributed by atoms with Crippen LogP contribution in [0.3, 0.4) is 0 Å². The third-order valence-electron chi connectivity index (χ3n) is 5.84. The minimum absolute atomic E-state index is 0. The lowest BCUT2D eigenvalue weighted by atomic mass is 9.92. The van der Waals surface area contributed by atoms with E-state index in [2.05, 4.69) is 120 Å². The molecule has 3 rings (SSSR count). The number of para-hydroxylation sites is 2. The Labute approximate surface area is 191 Å². The van der Waals surface area contributed by atoms with Gasteiger partial charge in [-0.1, -0.05) is 91.8 Å². The Hall–Kier alpha value is -2.56. The van der Waals surface area contributed by atoms with Gasteiger partial charge in [0.25, 0.3) is 6.33 Å². The van der Waals surface area contributed by atoms with Gasteiger partial charge in [0.2, 0.25) is 0 Å². The van der Waals surface area contributed by atoms with Gasteiger partial charge >= 0.3 is 0 Å². The van der Waals surface area contributed by atoms with Crippen LogP contribution in [0, 0.1) is 0 Å². The SMILES string of the molecule is CC(C)c1cccc(C(C)C)c1-n1cc[n+](-c2c(C(C)C)cccc2C(C)C)c1.F.F.[F-]. The lowest BCUT2D eigenvalue weighted by molar-refractivity contribution is -0.596. The molecule has 1 aromatic heterocycles. The average molecular weight is 449 g/mol. The van der Waals surface area contributed by atoms with Crippen LogP contribution in [0.15, 0.2) is 55.1 Å². The van der Waals surface area contributed by atoms with E-state index in [0.717, 1.165) is 0 Å². The van der Waals surface area contributed by atoms with E-state index in [9.17, 15) is 0 Å². The summed E-state index contributed by atoms with van der Waals surface area (Å²) in [7, 11) is 0. The van der Waals surface area contributed by atoms with Crippen LogP contribution in [0.4, 0.5) is 9.41 Å². The predicted molar refractivity (Wildman–Crippen MR) is 129 cm³/mol. The van der Waals surface area contributed by atoms with Crippen molar-refractivity contribution in [2.45, 2.75) is 79.1 Å². The summed E-state index contributed by atoms with van der Waals surface area (Å²) in [5, 5.41) is 0. The quantitative estimate of drug-likeness (QED) is 0.489. The van der Waals surface area contributed by atoms with Gasteiger partial charge in [-0.15, -0.1) is 0 Å². The molecule has 0 bridgehead atoms. The first-order chi connectivity index (χ1) is 13.7. The first-order valence-electron chi connectivity index (χ1n) is 11.1. The van der Waals surface area contributed by atoms with Crippen molar-refractivity contribution < 1.29 is 18.7 Å². The third-order valence-corrected chi connectivity index (χ3v) is 5.84. The molecule has 0 aliphatic heterocycles. The summed E-state index contributed by atoms with van der Waals surface area (Å²) >= 11 is 0. The minimum Gasteiger partial charge on any atom is -1.00 e. The Balaban J connectivity index is 0.00000320. The van der Waals surface area contributed by atoms with Gasteiger partial charge in [0, 0.05) is 22.3 Å². The maximum atomic E-state index is 2.33. The molecule has 0 fully saturated rings. The van der Waals surface area contributed by atoms with Crippen LogP contribution in [-0.4, -0.2) is 4.57 Å². The number of nitrogens with zero attached hydrogens (tertiary/aromatic N) is 2. The molecular formula is C27H39F3N2. The summed E-state index contributed by atoms with van der Waals surface area (Å²) in [4.78, 5) is 0. The van der Waals surface area contributed by atoms with Gasteiger partial charge in [-0.2, -0.15) is 0 Å². The Bertz CT molecular complexity index is 858. The van der Waals surface area contributed by atoms with Crippen LogP contribution in [0.25, 0.3) is 11.4 Å². The first kappa shape index (κ1) is 29.4. The molecule has 0 aliphatic carbocycles. The molecule has 0 atom stereocenters. The average Bonchev–Trinajstić information content (AvgIpc) is 3.15. The molecule has 0 radical (unpaired) electrons. The molecule has 5 heteroatoms. The maximum Gasteiger partial charge on any atom is 0.254 e. The second kappa shape index (κ2) is 11.9. The number of hydrogen-bond acceptors (Lipinski definition) is 0. The normalized spacial score (nSPS) is 10.9. The predicted octanol–water partition coefficient (Wildman–Crippen LogP) is 4.56. The zero-order chi connectivity index (χ0) is 21.3. The number of rotatable bonds is 6. The highest BCUT2D eigenvalue weighted by Gasteiger charge is 2.23. The second-order valence-corrected chi connectivity index (χ2v) is 9.42. The molecule has 2 aromatic carbocycles. The monoisotopic (exact) mass is 448 g/mol. The van der Waals surface area contributed by atoms with E-state index >= 15 is 0 Å². The smallest absolute Gasteiger partial charge is 0.254 e. The molecule has 0 amide bonds. The first-order valence-corrected chi connectivity index (χ1v) is 11.1. The van der Waals surface area contributed by atoms with Crippen LogP contribution in [0.5, 0.6) is 0 Å². The molecule has 0 unspecified atom stereocenters. The molecule has 0 N–H and O–H groups in total. The van der Waals surface area contributed by atoms with Gasteiger partial charge in [0.05, 0.1) is 0 Å². The Kier molecular flexibility index (Phi) is 10.9. The number of hydrogen-bond donors (Lipinski definition) is 0. The van der Waals surface area contributed by atoms with Crippen LogP contribution < -0.4 is 9.27 Å². The van der Waals surface area contributed by atoms with Crippen molar-refractivity contribution in [1.82, 2.24) is 4.57 Å². The van der Waals surface area contributed by atoms with Crippen molar-refractivity contribution in [2.24, 2.45) is 0 Å². The molecule has 3 aromatic rings. The van der Waals surface area contributed by atoms with Crippen LogP contribution >= 0.6 is 0 Å². The molecule has 178 valence electrons. The molecule has 32 heavy (non-hydrogen) atoms. The number of halogens is 3. The Morgan fingerprint density at radius 1 is 0.625 bits per heavy atom. The van der Waals surface area contributed by atoms with Gasteiger partial charge in [0.1, 0.15) is 23.8 Å². The minimum atomic E-state index is 0. The summed E-state index contributed by atoms with van der Waals surface area (Å²) in [6, 6.07) is 13.5. The van der Waals surface area contributed by atoms with Crippen molar-refractivity contribution in [2.75, 3.05) is 0 Å². The van der Waals surface area contributed by atoms with Gasteiger partial charge in [0.15, 0.2) is 0 Å². The zero-order valence-corrected chi connectivity index (χ0v) is 20.6. The molecule has 1 heterocycles. The molecule has 0 aliphatic rings. The van der Waals surface area contributed by atoms with Crippen LogP contribution in [0.2, 0.25) is 0 Å². The van der Waals surface area contributed by atoms with Gasteiger partial charge < -0.3 is 4.70 Å². The Morgan fingerprint density at radius 3 is 1.38 bits per heavy atom. The molecule has 0 saturated heterocycles. The van der Waals surface area contributed by atoms with Crippen molar-refractivity contribution in [3.63, 3.8) is 0 Å². The van der Waals surface area contributed by atoms with E-state index in [0.29, 0.717) is 23.7 Å². The largest absolute Gasteiger partial charge is 1.00 e. The van der Waals surface area contributed by atoms with E-state index in [1.807, 2.05) is 0 Å². The fourth-order valence-corrected chi connectivity index (χ4v) is 4.24. The summed E-state index contributed by atoms with van der Waals surface area (Å²) in [5.74, 6) is 1.92. The highest BCUT2D eigenvalue weighted by Crippen LogP contribution is 2.32. The lowest BCUT2D eigenvalue weighted by Gasteiger charge is -2.17. The number of imidazole rings is 1. The summed E-state index contributed by atoms with van der Waals surface area (Å²) in [6.07, 6.45) is 6.70. The highest BCUT2D eigenvalue weighted by molar-refractivity contribution is 5.51. The van der Waals surface area contributed by atoms with Crippen LogP contribution in [-0.2, 0) is 0 Å². The lowest BCUT2D eigenvalue weighted by Crippen LogP contribution is -3.00. The van der Waals surface area contributed by atoms with Gasteiger partial charge in [-0.05, 0) is 23.7 Å². The molecule has 0 spiro atoms. The van der Waals surface area contributed by atoms with Crippen LogP contribution in [0.1, 0.15) is 101 Å². The summed E-state index contributed by atoms with van der Waals surface area (Å²) in [5.41, 5.74) is 8.29. The van der Waals surface area contributed by atoms with Crippen molar-refractivity contribution in [3.05, 3.63) is 77.4 Å². The second-order valence-electron chi connectivity index (χ2n) is 9.42. The Morgan fingerprint density at radius 2 is 1.00 bits per heavy atom. The number of benzene rings is 2. The third kappa shape index (κ3) is 5.62. The topological polar surface area (TPSA) is 8.81 Å². The van der Waals surface area contributed by atoms with Crippen molar-refractivity contribution in [1.29, 1.82) is 0 Å². The van der Waals surface area contributed by atoms with Gasteiger partial charge in [-0.25, -0.2) is 9.13 Å². The van der Waals surface area contributed by atoms with E-state index in [-0.39, 0.29) is 14.1 Å². The summed E-state index contributed by atoms with van der Waals surface area (Å²) < 4.78 is 4.65. The fraction of sp³-hybridized carbons (Fsp3) is 0.444. The van der Waals surface area contributed by atoms with Crippen molar-refractivity contribution in [3.8, 4) is 11.4 Å². The van der Waals surface area contributed by atoms with Crippen molar-refractivity contribution >= 4 is 0 Å². The van der Waals surface area contributed by atoms with E-state index < -0.39 is 0 Å². The molecule has 2 nitrogen and oxygen atoms in total. The number of aromatic nitrogens is 2. The fourth-order valence-electron chi connectivity index (χ4n) is 4.24. The van der Waals surface area contributed by atoms with E-state index in [1.165, 1.54) is 33.6 Å². The zero-order valence-electron chi connectivity index (χ0n) is 20.6. The van der Waals surface area contributed by atoms with Gasteiger partial charge in [-0.3, -0.25) is 9.41 Å². The summed E-state index contributed by atoms with van der Waals surface area (Å²) in [6.45, 7) is 18.3. The highest BCUT2D eigenvalue weighted by atomic mass is 19.0. The molecule has 0 saturated carbocycles. The standard InChI is InChI=1S/C27H37N2.3FH/c1-18(2)22-11-9-12-23(19(3)4)26(22)28-15-16-29(17-28)27-24(20(5)6)13-10-14-25(27)21(7)8;;;/h9-21H,1-8H3;3*1H/q+1;;;/p-1. The maximum absolute atomic E-state index is 2.33. The van der Waals surface area contributed by atoms with E-state index in [1.54, 1.807) is 0 Å². The van der Waals surface area contributed by atoms with E-state index in [4.69, 9.17) is 0 Å².